The summed E-state index contributed by atoms with van der Waals surface area (Å²) in [6, 6.07) is 13.8. The molecule has 6 heteroatoms. The number of benzene rings is 1. The highest BCUT2D eigenvalue weighted by Crippen LogP contribution is 2.10. The highest BCUT2D eigenvalue weighted by Gasteiger charge is 2.10. The number of methoxy groups -OCH3 is 1. The average Bonchev–Trinajstić information content (AvgIpc) is 2.60. The summed E-state index contributed by atoms with van der Waals surface area (Å²) in [5, 5.41) is 0. The quantitative estimate of drug-likeness (QED) is 0.669. The zero-order valence-corrected chi connectivity index (χ0v) is 14.1. The first-order valence-corrected chi connectivity index (χ1v) is 7.82. The maximum Gasteiger partial charge on any atom is 0.338 e. The predicted octanol–water partition coefficient (Wildman–Crippen LogP) is 2.51. The molecule has 0 fully saturated rings. The molecule has 0 unspecified atom stereocenters. The second-order valence-corrected chi connectivity index (χ2v) is 5.66. The molecule has 3 rings (SSSR count). The Morgan fingerprint density at radius 2 is 1.92 bits per heavy atom. The van der Waals surface area contributed by atoms with Gasteiger partial charge in [-0.2, -0.15) is 0 Å². The van der Waals surface area contributed by atoms with Gasteiger partial charge in [0.1, 0.15) is 12.3 Å². The first-order chi connectivity index (χ1) is 12.1. The second-order valence-electron chi connectivity index (χ2n) is 5.66. The van der Waals surface area contributed by atoms with E-state index in [0.29, 0.717) is 23.5 Å². The number of aromatic nitrogens is 2. The van der Waals surface area contributed by atoms with Gasteiger partial charge in [-0.3, -0.25) is 9.20 Å². The van der Waals surface area contributed by atoms with Crippen molar-refractivity contribution in [3.05, 3.63) is 81.4 Å². The highest BCUT2D eigenvalue weighted by molar-refractivity contribution is 5.89. The maximum atomic E-state index is 12.2. The van der Waals surface area contributed by atoms with Crippen LogP contribution >= 0.6 is 0 Å². The minimum Gasteiger partial charge on any atom is -0.456 e. The third-order valence-corrected chi connectivity index (χ3v) is 3.76. The topological polar surface area (TPSA) is 69.9 Å². The van der Waals surface area contributed by atoms with Crippen molar-refractivity contribution in [3.63, 3.8) is 0 Å². The molecule has 0 aliphatic heterocycles. The average molecular weight is 338 g/mol. The lowest BCUT2D eigenvalue weighted by Gasteiger charge is -2.08. The molecule has 0 N–H and O–H groups in total. The summed E-state index contributed by atoms with van der Waals surface area (Å²) in [7, 11) is 1.59. The fourth-order valence-corrected chi connectivity index (χ4v) is 2.62. The van der Waals surface area contributed by atoms with E-state index < -0.39 is 5.97 Å². The van der Waals surface area contributed by atoms with Crippen LogP contribution in [0.5, 0.6) is 0 Å². The summed E-state index contributed by atoms with van der Waals surface area (Å²) >= 11 is 0. The summed E-state index contributed by atoms with van der Waals surface area (Å²) in [5.74, 6) is -0.468. The lowest BCUT2D eigenvalue weighted by atomic mass is 10.1. The lowest BCUT2D eigenvalue weighted by Crippen LogP contribution is -2.18. The van der Waals surface area contributed by atoms with Crippen LogP contribution in [0.1, 0.15) is 27.3 Å². The molecule has 2 heterocycles. The van der Waals surface area contributed by atoms with Crippen molar-refractivity contribution < 1.29 is 14.3 Å². The molecular weight excluding hydrogens is 320 g/mol. The number of nitrogens with zero attached hydrogens (tertiary/aromatic N) is 2. The number of ether oxygens (including phenoxy) is 2. The maximum absolute atomic E-state index is 12.2. The van der Waals surface area contributed by atoms with Crippen LogP contribution in [0.25, 0.3) is 5.65 Å². The molecule has 25 heavy (non-hydrogen) atoms. The molecule has 0 atom stereocenters. The summed E-state index contributed by atoms with van der Waals surface area (Å²) in [4.78, 5) is 28.8. The number of esters is 1. The van der Waals surface area contributed by atoms with Gasteiger partial charge in [0, 0.05) is 18.9 Å². The van der Waals surface area contributed by atoms with Crippen molar-refractivity contribution in [2.75, 3.05) is 7.11 Å². The van der Waals surface area contributed by atoms with Gasteiger partial charge in [-0.15, -0.1) is 0 Å². The van der Waals surface area contributed by atoms with Gasteiger partial charge in [0.2, 0.25) is 0 Å². The van der Waals surface area contributed by atoms with Crippen molar-refractivity contribution in [1.29, 1.82) is 0 Å². The molecule has 0 saturated carbocycles. The monoisotopic (exact) mass is 338 g/mol. The summed E-state index contributed by atoms with van der Waals surface area (Å²) in [6.07, 6.45) is 0. The van der Waals surface area contributed by atoms with E-state index in [9.17, 15) is 9.59 Å². The molecule has 0 aliphatic carbocycles. The Bertz CT molecular complexity index is 979. The number of rotatable bonds is 5. The standard InChI is InChI=1S/C19H18N2O4/c1-13-5-3-8-17-20-16(10-18(22)21(13)17)12-25-19(23)15-7-4-6-14(9-15)11-24-2/h3-10H,11-12H2,1-2H3. The van der Waals surface area contributed by atoms with E-state index in [0.717, 1.165) is 11.3 Å². The first-order valence-electron chi connectivity index (χ1n) is 7.82. The normalized spacial score (nSPS) is 10.8. The molecular formula is C19H18N2O4. The number of carbonyl (C=O) groups excluding carboxylic acids is 1. The highest BCUT2D eigenvalue weighted by atomic mass is 16.5. The van der Waals surface area contributed by atoms with Crippen molar-refractivity contribution in [3.8, 4) is 0 Å². The number of fused-ring (bicyclic) bond motifs is 1. The summed E-state index contributed by atoms with van der Waals surface area (Å²) in [6.45, 7) is 2.19. The minimum atomic E-state index is -0.468. The van der Waals surface area contributed by atoms with Gasteiger partial charge in [-0.25, -0.2) is 9.78 Å². The third kappa shape index (κ3) is 3.75. The largest absolute Gasteiger partial charge is 0.456 e. The number of hydrogen-bond donors (Lipinski definition) is 0. The van der Waals surface area contributed by atoms with Crippen LogP contribution in [-0.4, -0.2) is 22.5 Å². The van der Waals surface area contributed by atoms with Gasteiger partial charge in [0.05, 0.1) is 17.9 Å². The predicted molar refractivity (Wildman–Crippen MR) is 92.5 cm³/mol. The van der Waals surface area contributed by atoms with Gasteiger partial charge < -0.3 is 9.47 Å². The van der Waals surface area contributed by atoms with Gasteiger partial charge >= 0.3 is 5.97 Å². The molecule has 0 spiro atoms. The molecule has 2 aromatic heterocycles. The van der Waals surface area contributed by atoms with Crippen LogP contribution < -0.4 is 5.56 Å². The number of aryl methyl sites for hydroxylation is 1. The van der Waals surface area contributed by atoms with E-state index in [1.165, 1.54) is 10.5 Å². The zero-order chi connectivity index (χ0) is 17.8. The Morgan fingerprint density at radius 1 is 1.12 bits per heavy atom. The molecule has 0 radical (unpaired) electrons. The van der Waals surface area contributed by atoms with Gasteiger partial charge in [-0.1, -0.05) is 18.2 Å². The first kappa shape index (κ1) is 16.9. The van der Waals surface area contributed by atoms with Crippen molar-refractivity contribution in [1.82, 2.24) is 9.38 Å². The van der Waals surface area contributed by atoms with Crippen molar-refractivity contribution in [2.45, 2.75) is 20.1 Å². The Balaban J connectivity index is 1.77. The Morgan fingerprint density at radius 3 is 2.72 bits per heavy atom. The fraction of sp³-hybridized carbons (Fsp3) is 0.211. The Kier molecular flexibility index (Phi) is 4.90. The van der Waals surface area contributed by atoms with E-state index in [-0.39, 0.29) is 12.2 Å². The molecule has 3 aromatic rings. The van der Waals surface area contributed by atoms with Gasteiger partial charge in [0.25, 0.3) is 5.56 Å². The smallest absolute Gasteiger partial charge is 0.338 e. The van der Waals surface area contributed by atoms with Crippen LogP contribution in [0.15, 0.2) is 53.3 Å². The van der Waals surface area contributed by atoms with E-state index >= 15 is 0 Å². The lowest BCUT2D eigenvalue weighted by molar-refractivity contribution is 0.0467. The van der Waals surface area contributed by atoms with E-state index in [4.69, 9.17) is 9.47 Å². The van der Waals surface area contributed by atoms with E-state index in [2.05, 4.69) is 4.98 Å². The summed E-state index contributed by atoms with van der Waals surface area (Å²) < 4.78 is 11.9. The number of carbonyl (C=O) groups is 1. The van der Waals surface area contributed by atoms with E-state index in [1.807, 2.05) is 25.1 Å². The second kappa shape index (κ2) is 7.27. The minimum absolute atomic E-state index is 0.0625. The molecule has 0 bridgehead atoms. The van der Waals surface area contributed by atoms with Gasteiger partial charge in [-0.05, 0) is 36.8 Å². The molecule has 0 amide bonds. The van der Waals surface area contributed by atoms with Crippen LogP contribution in [0.4, 0.5) is 0 Å². The van der Waals surface area contributed by atoms with Crippen LogP contribution in [-0.2, 0) is 22.7 Å². The molecule has 0 aliphatic rings. The van der Waals surface area contributed by atoms with Crippen LogP contribution in [0, 0.1) is 6.92 Å². The number of pyridine rings is 1. The molecule has 128 valence electrons. The number of hydrogen-bond acceptors (Lipinski definition) is 5. The summed E-state index contributed by atoms with van der Waals surface area (Å²) in [5.41, 5.74) is 2.86. The van der Waals surface area contributed by atoms with Crippen LogP contribution in [0.2, 0.25) is 0 Å². The van der Waals surface area contributed by atoms with Crippen LogP contribution in [0.3, 0.4) is 0 Å². The zero-order valence-electron chi connectivity index (χ0n) is 14.1. The van der Waals surface area contributed by atoms with Crippen molar-refractivity contribution >= 4 is 11.6 Å². The molecule has 1 aromatic carbocycles. The SMILES string of the molecule is COCc1cccc(C(=O)OCc2cc(=O)n3c(C)cccc3n2)c1. The Hall–Kier alpha value is -2.99. The van der Waals surface area contributed by atoms with E-state index in [1.54, 1.807) is 31.4 Å². The van der Waals surface area contributed by atoms with Crippen molar-refractivity contribution in [2.24, 2.45) is 0 Å². The fourth-order valence-electron chi connectivity index (χ4n) is 2.62. The third-order valence-electron chi connectivity index (χ3n) is 3.76. The molecule has 6 nitrogen and oxygen atoms in total. The van der Waals surface area contributed by atoms with Gasteiger partial charge in [0.15, 0.2) is 0 Å². The molecule has 0 saturated heterocycles. The Labute approximate surface area is 144 Å².